The number of carbonyl (C=O) groups excluding carboxylic acids is 2. The molecule has 0 N–H and O–H groups in total. The van der Waals surface area contributed by atoms with Gasteiger partial charge in [0.2, 0.25) is 5.91 Å². The Labute approximate surface area is 139 Å². The average molecular weight is 329 g/mol. The van der Waals surface area contributed by atoms with Crippen LogP contribution in [0.5, 0.6) is 0 Å². The number of hydrogen-bond acceptors (Lipinski definition) is 5. The molecule has 0 spiro atoms. The Morgan fingerprint density at radius 1 is 1.17 bits per heavy atom. The van der Waals surface area contributed by atoms with E-state index in [1.807, 2.05) is 11.8 Å². The van der Waals surface area contributed by atoms with Crippen molar-refractivity contribution in [3.63, 3.8) is 0 Å². The first-order valence-electron chi connectivity index (χ1n) is 8.70. The molecule has 0 aliphatic carbocycles. The van der Waals surface area contributed by atoms with Crippen LogP contribution in [0.25, 0.3) is 0 Å². The highest BCUT2D eigenvalue weighted by Gasteiger charge is 2.30. The second-order valence-corrected chi connectivity index (χ2v) is 5.79. The van der Waals surface area contributed by atoms with Gasteiger partial charge in [-0.3, -0.25) is 9.59 Å². The summed E-state index contributed by atoms with van der Waals surface area (Å²) in [6, 6.07) is 0.208. The fourth-order valence-corrected chi connectivity index (χ4v) is 2.76. The van der Waals surface area contributed by atoms with Gasteiger partial charge in [-0.2, -0.15) is 0 Å². The summed E-state index contributed by atoms with van der Waals surface area (Å²) in [4.78, 5) is 24.9. The van der Waals surface area contributed by atoms with Crippen molar-refractivity contribution in [1.29, 1.82) is 0 Å². The number of ether oxygens (including phenoxy) is 3. The van der Waals surface area contributed by atoms with Crippen LogP contribution in [0.2, 0.25) is 0 Å². The number of rotatable bonds is 13. The number of hydrogen-bond donors (Lipinski definition) is 0. The fourth-order valence-electron chi connectivity index (χ4n) is 2.76. The zero-order chi connectivity index (χ0) is 16.9. The molecule has 0 unspecified atom stereocenters. The van der Waals surface area contributed by atoms with E-state index in [1.165, 1.54) is 7.11 Å². The predicted octanol–water partition coefficient (Wildman–Crippen LogP) is 2.15. The molecule has 1 aliphatic heterocycles. The molecule has 0 aromatic carbocycles. The van der Waals surface area contributed by atoms with E-state index in [2.05, 4.69) is 4.74 Å². The normalized spacial score (nSPS) is 17.7. The van der Waals surface area contributed by atoms with Crippen molar-refractivity contribution in [3.8, 4) is 0 Å². The molecular formula is C17H31NO5. The number of amides is 1. The van der Waals surface area contributed by atoms with Crippen molar-refractivity contribution in [2.45, 2.75) is 57.9 Å². The Morgan fingerprint density at radius 3 is 2.65 bits per heavy atom. The quantitative estimate of drug-likeness (QED) is 0.383. The number of likely N-dealkylation sites (tertiary alicyclic amines) is 1. The van der Waals surface area contributed by atoms with Gasteiger partial charge in [-0.05, 0) is 26.2 Å². The highest BCUT2D eigenvalue weighted by molar-refractivity contribution is 5.78. The number of nitrogens with zero attached hydrogens (tertiary/aromatic N) is 1. The van der Waals surface area contributed by atoms with Crippen LogP contribution in [-0.4, -0.2) is 62.9 Å². The topological polar surface area (TPSA) is 65.1 Å². The number of esters is 1. The number of methoxy groups -OCH3 is 1. The largest absolute Gasteiger partial charge is 0.469 e. The van der Waals surface area contributed by atoms with Gasteiger partial charge in [-0.15, -0.1) is 0 Å². The Balaban J connectivity index is 2.12. The van der Waals surface area contributed by atoms with Crippen LogP contribution in [0.15, 0.2) is 0 Å². The third-order valence-electron chi connectivity index (χ3n) is 4.10. The first-order valence-corrected chi connectivity index (χ1v) is 8.70. The van der Waals surface area contributed by atoms with E-state index in [1.54, 1.807) is 0 Å². The van der Waals surface area contributed by atoms with Crippen molar-refractivity contribution in [2.24, 2.45) is 0 Å². The standard InChI is InChI=1S/C17H31NO5/c1-3-22-12-13-23-14-15-9-10-16(19)18(15)11-7-5-4-6-8-17(20)21-2/h15H,3-14H2,1-2H3/t15-/m1/s1. The molecule has 1 atom stereocenters. The van der Waals surface area contributed by atoms with E-state index >= 15 is 0 Å². The van der Waals surface area contributed by atoms with Crippen LogP contribution in [0.4, 0.5) is 0 Å². The summed E-state index contributed by atoms with van der Waals surface area (Å²) in [6.45, 7) is 5.24. The van der Waals surface area contributed by atoms with E-state index in [0.717, 1.165) is 38.6 Å². The van der Waals surface area contributed by atoms with Gasteiger partial charge in [-0.25, -0.2) is 0 Å². The molecule has 0 aromatic rings. The summed E-state index contributed by atoms with van der Waals surface area (Å²) in [7, 11) is 1.41. The van der Waals surface area contributed by atoms with Gasteiger partial charge in [0.05, 0.1) is 33.0 Å². The smallest absolute Gasteiger partial charge is 0.305 e. The van der Waals surface area contributed by atoms with Crippen molar-refractivity contribution in [1.82, 2.24) is 4.90 Å². The minimum atomic E-state index is -0.149. The van der Waals surface area contributed by atoms with Gasteiger partial charge in [0, 0.05) is 26.0 Å². The van der Waals surface area contributed by atoms with Crippen molar-refractivity contribution >= 4 is 11.9 Å². The molecule has 1 heterocycles. The molecule has 23 heavy (non-hydrogen) atoms. The van der Waals surface area contributed by atoms with Crippen LogP contribution in [0.1, 0.15) is 51.9 Å². The lowest BCUT2D eigenvalue weighted by Gasteiger charge is -2.24. The molecular weight excluding hydrogens is 298 g/mol. The Hall–Kier alpha value is -1.14. The van der Waals surface area contributed by atoms with E-state index < -0.39 is 0 Å². The molecule has 1 saturated heterocycles. The summed E-state index contributed by atoms with van der Waals surface area (Å²) in [5.74, 6) is 0.0851. The molecule has 1 aliphatic rings. The van der Waals surface area contributed by atoms with E-state index in [0.29, 0.717) is 39.3 Å². The predicted molar refractivity (Wildman–Crippen MR) is 87.1 cm³/mol. The average Bonchev–Trinajstić information content (AvgIpc) is 2.90. The lowest BCUT2D eigenvalue weighted by atomic mass is 10.1. The number of unbranched alkanes of at least 4 members (excludes halogenated alkanes) is 3. The SMILES string of the molecule is CCOCCOC[C@H]1CCC(=O)N1CCCCCCC(=O)OC. The maximum absolute atomic E-state index is 12.0. The second kappa shape index (κ2) is 12.3. The van der Waals surface area contributed by atoms with Crippen molar-refractivity contribution < 1.29 is 23.8 Å². The zero-order valence-electron chi connectivity index (χ0n) is 14.6. The third-order valence-corrected chi connectivity index (χ3v) is 4.10. The zero-order valence-corrected chi connectivity index (χ0v) is 14.6. The van der Waals surface area contributed by atoms with Gasteiger partial charge in [0.25, 0.3) is 0 Å². The molecule has 0 radical (unpaired) electrons. The first kappa shape index (κ1) is 19.9. The molecule has 6 heteroatoms. The van der Waals surface area contributed by atoms with Crippen LogP contribution in [0, 0.1) is 0 Å². The summed E-state index contributed by atoms with van der Waals surface area (Å²) < 4.78 is 15.5. The Bertz CT molecular complexity index is 348. The van der Waals surface area contributed by atoms with E-state index in [9.17, 15) is 9.59 Å². The van der Waals surface area contributed by atoms with Gasteiger partial charge in [0.1, 0.15) is 0 Å². The highest BCUT2D eigenvalue weighted by atomic mass is 16.5. The summed E-state index contributed by atoms with van der Waals surface area (Å²) in [6.07, 6.45) is 5.84. The molecule has 1 amide bonds. The number of carbonyl (C=O) groups is 2. The maximum Gasteiger partial charge on any atom is 0.305 e. The summed E-state index contributed by atoms with van der Waals surface area (Å²) in [5, 5.41) is 0. The lowest BCUT2D eigenvalue weighted by Crippen LogP contribution is -2.37. The van der Waals surface area contributed by atoms with Gasteiger partial charge in [-0.1, -0.05) is 12.8 Å². The Kier molecular flexibility index (Phi) is 10.6. The Morgan fingerprint density at radius 2 is 1.91 bits per heavy atom. The van der Waals surface area contributed by atoms with Crippen molar-refractivity contribution in [2.75, 3.05) is 40.1 Å². The third kappa shape index (κ3) is 8.32. The van der Waals surface area contributed by atoms with Gasteiger partial charge < -0.3 is 19.1 Å². The fraction of sp³-hybridized carbons (Fsp3) is 0.882. The lowest BCUT2D eigenvalue weighted by molar-refractivity contribution is -0.140. The molecule has 0 saturated carbocycles. The van der Waals surface area contributed by atoms with E-state index in [-0.39, 0.29) is 17.9 Å². The summed E-state index contributed by atoms with van der Waals surface area (Å²) in [5.41, 5.74) is 0. The molecule has 134 valence electrons. The molecule has 1 fully saturated rings. The first-order chi connectivity index (χ1) is 11.2. The van der Waals surface area contributed by atoms with Crippen LogP contribution in [-0.2, 0) is 23.8 Å². The highest BCUT2D eigenvalue weighted by Crippen LogP contribution is 2.20. The molecule has 6 nitrogen and oxygen atoms in total. The van der Waals surface area contributed by atoms with Gasteiger partial charge >= 0.3 is 5.97 Å². The monoisotopic (exact) mass is 329 g/mol. The van der Waals surface area contributed by atoms with Gasteiger partial charge in [0.15, 0.2) is 0 Å². The minimum Gasteiger partial charge on any atom is -0.469 e. The van der Waals surface area contributed by atoms with Crippen LogP contribution < -0.4 is 0 Å². The minimum absolute atomic E-state index is 0.149. The van der Waals surface area contributed by atoms with Crippen LogP contribution in [0.3, 0.4) is 0 Å². The molecule has 0 bridgehead atoms. The van der Waals surface area contributed by atoms with Crippen molar-refractivity contribution in [3.05, 3.63) is 0 Å². The molecule has 1 rings (SSSR count). The van der Waals surface area contributed by atoms with E-state index in [4.69, 9.17) is 9.47 Å². The van der Waals surface area contributed by atoms with Crippen LogP contribution >= 0.6 is 0 Å². The summed E-state index contributed by atoms with van der Waals surface area (Å²) >= 11 is 0. The maximum atomic E-state index is 12.0. The molecule has 0 aromatic heterocycles. The second-order valence-electron chi connectivity index (χ2n) is 5.79.